The SMILES string of the molecule is CCNCC1CCCCN1S(=O)(=O)NCc1ccno1. The summed E-state index contributed by atoms with van der Waals surface area (Å²) in [4.78, 5) is 0. The van der Waals surface area contributed by atoms with Crippen LogP contribution in [0.25, 0.3) is 0 Å². The van der Waals surface area contributed by atoms with Crippen molar-refractivity contribution in [3.8, 4) is 0 Å². The minimum Gasteiger partial charge on any atom is -0.360 e. The zero-order chi connectivity index (χ0) is 14.4. The monoisotopic (exact) mass is 302 g/mol. The van der Waals surface area contributed by atoms with Crippen LogP contribution in [0.5, 0.6) is 0 Å². The fraction of sp³-hybridized carbons (Fsp3) is 0.750. The summed E-state index contributed by atoms with van der Waals surface area (Å²) >= 11 is 0. The van der Waals surface area contributed by atoms with E-state index in [1.54, 1.807) is 10.4 Å². The average Bonchev–Trinajstić information content (AvgIpc) is 2.97. The molecule has 2 rings (SSSR count). The summed E-state index contributed by atoms with van der Waals surface area (Å²) in [6.45, 7) is 4.26. The number of nitrogens with one attached hydrogen (secondary N) is 2. The lowest BCUT2D eigenvalue weighted by atomic mass is 10.1. The predicted molar refractivity (Wildman–Crippen MR) is 75.2 cm³/mol. The van der Waals surface area contributed by atoms with Gasteiger partial charge in [-0.1, -0.05) is 18.5 Å². The van der Waals surface area contributed by atoms with Crippen molar-refractivity contribution in [3.05, 3.63) is 18.0 Å². The van der Waals surface area contributed by atoms with Gasteiger partial charge in [0.2, 0.25) is 0 Å². The number of piperidine rings is 1. The molecule has 1 saturated heterocycles. The van der Waals surface area contributed by atoms with Crippen LogP contribution in [0.1, 0.15) is 31.9 Å². The molecule has 1 fully saturated rings. The van der Waals surface area contributed by atoms with Gasteiger partial charge in [0, 0.05) is 25.2 Å². The van der Waals surface area contributed by atoms with E-state index in [4.69, 9.17) is 4.52 Å². The Morgan fingerprint density at radius 2 is 2.35 bits per heavy atom. The summed E-state index contributed by atoms with van der Waals surface area (Å²) in [6, 6.07) is 1.67. The molecule has 1 unspecified atom stereocenters. The molecule has 2 N–H and O–H groups in total. The molecule has 0 amide bonds. The molecular weight excluding hydrogens is 280 g/mol. The first kappa shape index (κ1) is 15.4. The first-order valence-electron chi connectivity index (χ1n) is 7.00. The zero-order valence-corrected chi connectivity index (χ0v) is 12.5. The van der Waals surface area contributed by atoms with Crippen LogP contribution in [0.4, 0.5) is 0 Å². The quantitative estimate of drug-likeness (QED) is 0.764. The molecule has 8 heteroatoms. The molecule has 20 heavy (non-hydrogen) atoms. The Morgan fingerprint density at radius 3 is 3.05 bits per heavy atom. The normalized spacial score (nSPS) is 21.1. The Morgan fingerprint density at radius 1 is 1.50 bits per heavy atom. The zero-order valence-electron chi connectivity index (χ0n) is 11.7. The fourth-order valence-electron chi connectivity index (χ4n) is 2.38. The molecule has 0 spiro atoms. The van der Waals surface area contributed by atoms with E-state index < -0.39 is 10.2 Å². The van der Waals surface area contributed by atoms with E-state index in [0.717, 1.165) is 25.8 Å². The molecule has 1 atom stereocenters. The highest BCUT2D eigenvalue weighted by molar-refractivity contribution is 7.87. The van der Waals surface area contributed by atoms with Crippen molar-refractivity contribution >= 4 is 10.2 Å². The lowest BCUT2D eigenvalue weighted by molar-refractivity contribution is 0.243. The van der Waals surface area contributed by atoms with E-state index >= 15 is 0 Å². The van der Waals surface area contributed by atoms with Crippen molar-refractivity contribution in [1.29, 1.82) is 0 Å². The third kappa shape index (κ3) is 4.02. The summed E-state index contributed by atoms with van der Waals surface area (Å²) in [5, 5.41) is 6.78. The molecule has 7 nitrogen and oxygen atoms in total. The third-order valence-electron chi connectivity index (χ3n) is 3.43. The van der Waals surface area contributed by atoms with E-state index in [1.165, 1.54) is 6.20 Å². The van der Waals surface area contributed by atoms with E-state index in [1.807, 2.05) is 6.92 Å². The summed E-state index contributed by atoms with van der Waals surface area (Å²) in [7, 11) is -3.48. The van der Waals surface area contributed by atoms with Crippen LogP contribution in [0, 0.1) is 0 Å². The van der Waals surface area contributed by atoms with Crippen LogP contribution in [0.2, 0.25) is 0 Å². The van der Waals surface area contributed by atoms with Crippen LogP contribution in [0.15, 0.2) is 16.8 Å². The Balaban J connectivity index is 1.97. The number of nitrogens with zero attached hydrogens (tertiary/aromatic N) is 2. The van der Waals surface area contributed by atoms with Gasteiger partial charge in [0.25, 0.3) is 10.2 Å². The Kier molecular flexibility index (Phi) is 5.53. The maximum Gasteiger partial charge on any atom is 0.280 e. The van der Waals surface area contributed by atoms with Gasteiger partial charge in [-0.3, -0.25) is 0 Å². The Bertz CT molecular complexity index is 489. The maximum absolute atomic E-state index is 12.4. The second-order valence-electron chi connectivity index (χ2n) is 4.87. The van der Waals surface area contributed by atoms with E-state index in [-0.39, 0.29) is 12.6 Å². The largest absolute Gasteiger partial charge is 0.360 e. The minimum absolute atomic E-state index is 0.0240. The fourth-order valence-corrected chi connectivity index (χ4v) is 3.82. The Hall–Kier alpha value is -0.960. The molecule has 1 aromatic heterocycles. The maximum atomic E-state index is 12.4. The van der Waals surface area contributed by atoms with Gasteiger partial charge < -0.3 is 9.84 Å². The van der Waals surface area contributed by atoms with Crippen molar-refractivity contribution in [1.82, 2.24) is 19.5 Å². The molecule has 0 bridgehead atoms. The smallest absolute Gasteiger partial charge is 0.280 e. The van der Waals surface area contributed by atoms with Crippen LogP contribution < -0.4 is 10.0 Å². The van der Waals surface area contributed by atoms with Gasteiger partial charge in [-0.2, -0.15) is 17.4 Å². The molecular formula is C12H22N4O3S. The van der Waals surface area contributed by atoms with Crippen LogP contribution >= 0.6 is 0 Å². The second-order valence-corrected chi connectivity index (χ2v) is 6.58. The standard InChI is InChI=1S/C12H22N4O3S/c1-2-13-9-11-5-3-4-8-16(11)20(17,18)15-10-12-6-7-14-19-12/h6-7,11,13,15H,2-5,8-10H2,1H3. The summed E-state index contributed by atoms with van der Waals surface area (Å²) in [5.74, 6) is 0.508. The minimum atomic E-state index is -3.48. The lowest BCUT2D eigenvalue weighted by Crippen LogP contribution is -2.52. The summed E-state index contributed by atoms with van der Waals surface area (Å²) in [6.07, 6.45) is 4.38. The summed E-state index contributed by atoms with van der Waals surface area (Å²) < 4.78 is 33.8. The molecule has 1 aliphatic rings. The second kappa shape index (κ2) is 7.16. The average molecular weight is 302 g/mol. The predicted octanol–water partition coefficient (Wildman–Crippen LogP) is 0.473. The van der Waals surface area contributed by atoms with Gasteiger partial charge in [-0.15, -0.1) is 0 Å². The van der Waals surface area contributed by atoms with Gasteiger partial charge in [-0.25, -0.2) is 0 Å². The number of hydrogen-bond acceptors (Lipinski definition) is 5. The van der Waals surface area contributed by atoms with Crippen LogP contribution in [-0.2, 0) is 16.8 Å². The third-order valence-corrected chi connectivity index (χ3v) is 5.04. The number of aromatic nitrogens is 1. The van der Waals surface area contributed by atoms with E-state index in [0.29, 0.717) is 18.8 Å². The Labute approximate surface area is 119 Å². The number of rotatable bonds is 7. The summed E-state index contributed by atoms with van der Waals surface area (Å²) in [5.41, 5.74) is 0. The molecule has 0 aromatic carbocycles. The van der Waals surface area contributed by atoms with Gasteiger partial charge >= 0.3 is 0 Å². The molecule has 114 valence electrons. The van der Waals surface area contributed by atoms with Crippen molar-refractivity contribution in [3.63, 3.8) is 0 Å². The van der Waals surface area contributed by atoms with Crippen molar-refractivity contribution in [2.75, 3.05) is 19.6 Å². The van der Waals surface area contributed by atoms with Gasteiger partial charge in [0.05, 0.1) is 12.7 Å². The highest BCUT2D eigenvalue weighted by Crippen LogP contribution is 2.19. The number of likely N-dealkylation sites (N-methyl/N-ethyl adjacent to an activating group) is 1. The first-order chi connectivity index (χ1) is 9.63. The molecule has 0 aliphatic carbocycles. The first-order valence-corrected chi connectivity index (χ1v) is 8.44. The molecule has 0 radical (unpaired) electrons. The van der Waals surface area contributed by atoms with Crippen LogP contribution in [-0.4, -0.2) is 43.6 Å². The molecule has 2 heterocycles. The van der Waals surface area contributed by atoms with Crippen molar-refractivity contribution < 1.29 is 12.9 Å². The van der Waals surface area contributed by atoms with Gasteiger partial charge in [0.15, 0.2) is 5.76 Å². The topological polar surface area (TPSA) is 87.5 Å². The van der Waals surface area contributed by atoms with Crippen molar-refractivity contribution in [2.24, 2.45) is 0 Å². The van der Waals surface area contributed by atoms with Crippen molar-refractivity contribution in [2.45, 2.75) is 38.8 Å². The molecule has 1 aromatic rings. The molecule has 1 aliphatic heterocycles. The van der Waals surface area contributed by atoms with E-state index in [9.17, 15) is 8.42 Å². The van der Waals surface area contributed by atoms with Gasteiger partial charge in [-0.05, 0) is 19.4 Å². The highest BCUT2D eigenvalue weighted by Gasteiger charge is 2.31. The number of hydrogen-bond donors (Lipinski definition) is 2. The highest BCUT2D eigenvalue weighted by atomic mass is 32.2. The van der Waals surface area contributed by atoms with E-state index in [2.05, 4.69) is 15.2 Å². The van der Waals surface area contributed by atoms with Gasteiger partial charge in [0.1, 0.15) is 0 Å². The van der Waals surface area contributed by atoms with Crippen LogP contribution in [0.3, 0.4) is 0 Å². The molecule has 0 saturated carbocycles. The lowest BCUT2D eigenvalue weighted by Gasteiger charge is -2.34.